The van der Waals surface area contributed by atoms with E-state index in [0.29, 0.717) is 11.1 Å². The van der Waals surface area contributed by atoms with Gasteiger partial charge in [0.1, 0.15) is 0 Å². The summed E-state index contributed by atoms with van der Waals surface area (Å²) in [6.07, 6.45) is 7.94. The van der Waals surface area contributed by atoms with Gasteiger partial charge in [0.05, 0.1) is 0 Å². The van der Waals surface area contributed by atoms with Crippen molar-refractivity contribution in [2.45, 2.75) is 37.7 Å². The fraction of sp³-hybridized carbons (Fsp3) is 0.250. The minimum atomic E-state index is -2.50. The average molecular weight is 485 g/mol. The molecule has 0 radical (unpaired) electrons. The molecule has 0 atom stereocenters. The zero-order valence-corrected chi connectivity index (χ0v) is 21.1. The maximum absolute atomic E-state index is 15.5. The van der Waals surface area contributed by atoms with Gasteiger partial charge in [-0.15, -0.1) is 0 Å². The molecule has 0 fully saturated rings. The van der Waals surface area contributed by atoms with Gasteiger partial charge in [0.25, 0.3) is 0 Å². The Labute approximate surface area is 190 Å². The third-order valence-corrected chi connectivity index (χ3v) is 15.6. The fourth-order valence-corrected chi connectivity index (χ4v) is 13.3. The summed E-state index contributed by atoms with van der Waals surface area (Å²) in [4.78, 5) is 0. The van der Waals surface area contributed by atoms with Gasteiger partial charge in [0, 0.05) is 0 Å². The molecule has 2 aromatic heterocycles. The Kier molecular flexibility index (Phi) is 4.32. The van der Waals surface area contributed by atoms with Gasteiger partial charge in [0.2, 0.25) is 0 Å². The maximum atomic E-state index is 15.5. The van der Waals surface area contributed by atoms with E-state index in [9.17, 15) is 0 Å². The number of allylic oxidation sites excluding steroid dienone is 3. The third-order valence-electron chi connectivity index (χ3n) is 7.55. The normalized spacial score (nSPS) is 17.5. The van der Waals surface area contributed by atoms with Crippen molar-refractivity contribution >= 4 is 39.6 Å². The predicted molar refractivity (Wildman–Crippen MR) is 131 cm³/mol. The summed E-state index contributed by atoms with van der Waals surface area (Å²) in [7, 11) is 2.05. The molecule has 0 saturated heterocycles. The number of nitrogens with zero attached hydrogens (tertiary/aromatic N) is 1. The third kappa shape index (κ3) is 2.67. The molecular weight excluding hydrogens is 458 g/mol. The van der Waals surface area contributed by atoms with E-state index in [4.69, 9.17) is 4.42 Å². The molecule has 1 aliphatic heterocycles. The van der Waals surface area contributed by atoms with Crippen LogP contribution in [-0.4, -0.2) is 13.3 Å². The molecule has 0 bridgehead atoms. The van der Waals surface area contributed by atoms with Gasteiger partial charge in [-0.3, -0.25) is 0 Å². The van der Waals surface area contributed by atoms with Crippen molar-refractivity contribution in [3.63, 3.8) is 0 Å². The number of rotatable bonds is 2. The SMILES string of the molecule is Cc1ccc2c(oc3c([C]4=CC5=[C](CCC5)[Ge]4([CH3])[CH3])c(F)ccc32)c1-c1cccc[n+]1C. The first-order valence-electron chi connectivity index (χ1n) is 11.4. The first kappa shape index (κ1) is 20.0. The molecule has 4 heteroatoms. The van der Waals surface area contributed by atoms with Gasteiger partial charge in [-0.1, -0.05) is 0 Å². The molecule has 4 aromatic rings. The van der Waals surface area contributed by atoms with E-state index in [1.165, 1.54) is 22.8 Å². The first-order chi connectivity index (χ1) is 15.4. The van der Waals surface area contributed by atoms with E-state index in [1.807, 2.05) is 31.4 Å². The molecule has 0 unspecified atom stereocenters. The van der Waals surface area contributed by atoms with E-state index in [2.05, 4.69) is 47.3 Å². The quantitative estimate of drug-likeness (QED) is 0.217. The minimum absolute atomic E-state index is 0.161. The molecule has 0 saturated carbocycles. The van der Waals surface area contributed by atoms with Crippen LogP contribution in [0.15, 0.2) is 69.1 Å². The van der Waals surface area contributed by atoms with Gasteiger partial charge >= 0.3 is 191 Å². The number of hydrogen-bond acceptors (Lipinski definition) is 1. The van der Waals surface area contributed by atoms with Crippen molar-refractivity contribution in [1.29, 1.82) is 0 Å². The van der Waals surface area contributed by atoms with Crippen molar-refractivity contribution in [2.24, 2.45) is 7.05 Å². The molecule has 2 nitrogen and oxygen atoms in total. The number of hydrogen-bond donors (Lipinski definition) is 0. The van der Waals surface area contributed by atoms with Crippen LogP contribution < -0.4 is 4.57 Å². The van der Waals surface area contributed by atoms with E-state index < -0.39 is 13.3 Å². The Morgan fingerprint density at radius 1 is 0.938 bits per heavy atom. The Balaban J connectivity index is 1.67. The number of aryl methyl sites for hydroxylation is 2. The molecule has 2 aromatic carbocycles. The number of fused-ring (bicyclic) bond motifs is 3. The van der Waals surface area contributed by atoms with Gasteiger partial charge < -0.3 is 0 Å². The van der Waals surface area contributed by atoms with Crippen LogP contribution >= 0.6 is 0 Å². The molecule has 32 heavy (non-hydrogen) atoms. The van der Waals surface area contributed by atoms with E-state index in [-0.39, 0.29) is 5.82 Å². The fourth-order valence-electron chi connectivity index (χ4n) is 5.87. The molecule has 0 spiro atoms. The summed E-state index contributed by atoms with van der Waals surface area (Å²) in [6.45, 7) is 2.11. The van der Waals surface area contributed by atoms with Gasteiger partial charge in [-0.2, -0.15) is 0 Å². The Morgan fingerprint density at radius 2 is 1.69 bits per heavy atom. The second-order valence-electron chi connectivity index (χ2n) is 9.77. The molecular formula is C28H27FGeNO+. The summed E-state index contributed by atoms with van der Waals surface area (Å²) >= 11 is -2.50. The van der Waals surface area contributed by atoms with Crippen molar-refractivity contribution in [1.82, 2.24) is 0 Å². The van der Waals surface area contributed by atoms with Crippen LogP contribution in [0.3, 0.4) is 0 Å². The summed E-state index contributed by atoms with van der Waals surface area (Å²) in [5.41, 5.74) is 7.06. The van der Waals surface area contributed by atoms with Crippen molar-refractivity contribution in [3.05, 3.63) is 81.7 Å². The van der Waals surface area contributed by atoms with Gasteiger partial charge in [-0.05, 0) is 0 Å². The molecule has 2 aliphatic rings. The number of aromatic nitrogens is 1. The van der Waals surface area contributed by atoms with Crippen LogP contribution in [-0.2, 0) is 7.05 Å². The topological polar surface area (TPSA) is 17.0 Å². The molecule has 0 amide bonds. The summed E-state index contributed by atoms with van der Waals surface area (Å²) in [5, 5.41) is 2.05. The van der Waals surface area contributed by atoms with Crippen LogP contribution in [0.1, 0.15) is 30.4 Å². The molecule has 1 aliphatic carbocycles. The summed E-state index contributed by atoms with van der Waals surface area (Å²) < 4.78 is 27.1. The second-order valence-corrected chi connectivity index (χ2v) is 19.0. The monoisotopic (exact) mass is 486 g/mol. The Hall–Kier alpha value is -2.66. The van der Waals surface area contributed by atoms with Crippen LogP contribution in [0.25, 0.3) is 37.6 Å². The molecule has 160 valence electrons. The zero-order chi connectivity index (χ0) is 22.2. The summed E-state index contributed by atoms with van der Waals surface area (Å²) in [6, 6.07) is 14.0. The predicted octanol–water partition coefficient (Wildman–Crippen LogP) is 7.19. The van der Waals surface area contributed by atoms with E-state index in [1.54, 1.807) is 10.5 Å². The number of benzene rings is 2. The molecule has 6 rings (SSSR count). The van der Waals surface area contributed by atoms with Crippen LogP contribution in [0.2, 0.25) is 11.5 Å². The number of pyridine rings is 1. The Bertz CT molecular complexity index is 1510. The van der Waals surface area contributed by atoms with E-state index >= 15 is 4.39 Å². The molecule has 3 heterocycles. The van der Waals surface area contributed by atoms with Gasteiger partial charge in [-0.25, -0.2) is 0 Å². The van der Waals surface area contributed by atoms with Crippen molar-refractivity contribution in [2.75, 3.05) is 0 Å². The van der Waals surface area contributed by atoms with Crippen LogP contribution in [0, 0.1) is 12.7 Å². The summed E-state index contributed by atoms with van der Waals surface area (Å²) in [5.74, 6) is 4.67. The number of halogens is 1. The van der Waals surface area contributed by atoms with Crippen LogP contribution in [0.5, 0.6) is 0 Å². The zero-order valence-electron chi connectivity index (χ0n) is 19.1. The Morgan fingerprint density at radius 3 is 2.44 bits per heavy atom. The van der Waals surface area contributed by atoms with E-state index in [0.717, 1.165) is 39.6 Å². The van der Waals surface area contributed by atoms with Crippen LogP contribution in [0.4, 0.5) is 4.39 Å². The second kappa shape index (κ2) is 6.92. The average Bonchev–Trinajstić information content (AvgIpc) is 3.43. The standard InChI is InChI=1S/C28H27FGeNO/c1-17-11-12-19-20-13-14-21(29)26(23-16-18-8-7-9-22(18)30(23,2)3)28(20)32-27(19)25(17)24-10-5-6-15-31(24)4/h5-6,10-16H,7-9H2,1-4H3/q+1. The molecule has 0 N–H and O–H groups in total. The first-order valence-corrected chi connectivity index (χ1v) is 17.7. The van der Waals surface area contributed by atoms with Crippen molar-refractivity contribution in [3.8, 4) is 11.3 Å². The number of furan rings is 1. The van der Waals surface area contributed by atoms with Gasteiger partial charge in [0.15, 0.2) is 0 Å². The van der Waals surface area contributed by atoms with Crippen molar-refractivity contribution < 1.29 is 13.4 Å².